The molecule has 3 aliphatic rings. The van der Waals surface area contributed by atoms with Gasteiger partial charge in [0.05, 0.1) is 5.92 Å². The molecule has 3 atom stereocenters. The molecule has 0 radical (unpaired) electrons. The highest BCUT2D eigenvalue weighted by Crippen LogP contribution is 2.68. The van der Waals surface area contributed by atoms with Gasteiger partial charge in [-0.25, -0.2) is 0 Å². The fraction of sp³-hybridized carbons (Fsp3) is 0.941. The van der Waals surface area contributed by atoms with E-state index in [0.29, 0.717) is 42.2 Å². The zero-order chi connectivity index (χ0) is 29.3. The van der Waals surface area contributed by atoms with Gasteiger partial charge in [0.1, 0.15) is 0 Å². The lowest BCUT2D eigenvalue weighted by molar-refractivity contribution is -0.186. The second-order valence-electron chi connectivity index (χ2n) is 14.8. The minimum absolute atomic E-state index is 0.0595. The zero-order valence-corrected chi connectivity index (χ0v) is 26.2. The molecule has 7 N–H and O–H groups in total. The summed E-state index contributed by atoms with van der Waals surface area (Å²) in [6.07, 6.45) is 21.1. The van der Waals surface area contributed by atoms with E-state index in [2.05, 4.69) is 20.8 Å². The molecular formula is C34H63N3O3. The van der Waals surface area contributed by atoms with Crippen molar-refractivity contribution < 1.29 is 14.7 Å². The van der Waals surface area contributed by atoms with Crippen LogP contribution in [0.15, 0.2) is 0 Å². The number of aliphatic carboxylic acids is 1. The Morgan fingerprint density at radius 2 is 1.25 bits per heavy atom. The smallest absolute Gasteiger partial charge is 0.307 e. The van der Waals surface area contributed by atoms with E-state index in [4.69, 9.17) is 17.2 Å². The Hall–Kier alpha value is -1.14. The topological polar surface area (TPSA) is 132 Å². The zero-order valence-electron chi connectivity index (χ0n) is 26.2. The van der Waals surface area contributed by atoms with Crippen molar-refractivity contribution in [2.45, 2.75) is 161 Å². The molecule has 40 heavy (non-hydrogen) atoms. The van der Waals surface area contributed by atoms with Crippen molar-refractivity contribution in [3.8, 4) is 0 Å². The summed E-state index contributed by atoms with van der Waals surface area (Å²) in [5, 5.41) is 10.8. The van der Waals surface area contributed by atoms with Crippen LogP contribution in [0.1, 0.15) is 149 Å². The maximum absolute atomic E-state index is 13.2. The number of carboxylic acids is 1. The third-order valence-electron chi connectivity index (χ3n) is 12.1. The number of hydrogen-bond acceptors (Lipinski definition) is 4. The maximum atomic E-state index is 13.2. The van der Waals surface area contributed by atoms with Crippen molar-refractivity contribution in [1.29, 1.82) is 0 Å². The minimum Gasteiger partial charge on any atom is -0.481 e. The van der Waals surface area contributed by atoms with Crippen LogP contribution in [-0.4, -0.2) is 29.1 Å². The van der Waals surface area contributed by atoms with E-state index in [0.717, 1.165) is 116 Å². The highest BCUT2D eigenvalue weighted by atomic mass is 16.4. The summed E-state index contributed by atoms with van der Waals surface area (Å²) in [5.41, 5.74) is 18.0. The lowest BCUT2D eigenvalue weighted by Gasteiger charge is -2.65. The first-order valence-corrected chi connectivity index (χ1v) is 17.0. The molecular weight excluding hydrogens is 498 g/mol. The summed E-state index contributed by atoms with van der Waals surface area (Å²) >= 11 is 0. The van der Waals surface area contributed by atoms with Crippen molar-refractivity contribution in [3.05, 3.63) is 0 Å². The molecule has 0 aromatic carbocycles. The molecule has 0 aliphatic heterocycles. The molecule has 3 aliphatic carbocycles. The van der Waals surface area contributed by atoms with Gasteiger partial charge in [-0.1, -0.05) is 59.3 Å². The Balaban J connectivity index is 1.81. The van der Waals surface area contributed by atoms with Gasteiger partial charge in [0, 0.05) is 18.5 Å². The van der Waals surface area contributed by atoms with Crippen molar-refractivity contribution in [3.63, 3.8) is 0 Å². The van der Waals surface area contributed by atoms with Crippen LogP contribution in [0, 0.1) is 40.4 Å². The average Bonchev–Trinajstić information content (AvgIpc) is 2.90. The van der Waals surface area contributed by atoms with Crippen LogP contribution >= 0.6 is 0 Å². The first-order chi connectivity index (χ1) is 19.0. The summed E-state index contributed by atoms with van der Waals surface area (Å²) in [7, 11) is 0. The SMILES string of the molecule is CC(C)C1CCC(C)(C(CCCCCCCCCC(N)=O)C(=O)O)C(C2CCC(N)CC2)(C2CCC(N)CC2)C1. The van der Waals surface area contributed by atoms with Gasteiger partial charge in [-0.05, 0) is 118 Å². The van der Waals surface area contributed by atoms with Crippen molar-refractivity contribution in [1.82, 2.24) is 0 Å². The summed E-state index contributed by atoms with van der Waals surface area (Å²) in [6.45, 7) is 7.19. The highest BCUT2D eigenvalue weighted by Gasteiger charge is 2.63. The van der Waals surface area contributed by atoms with E-state index in [-0.39, 0.29) is 22.7 Å². The molecule has 1 amide bonds. The predicted octanol–water partition coefficient (Wildman–Crippen LogP) is 7.17. The lowest BCUT2D eigenvalue weighted by atomic mass is 9.39. The van der Waals surface area contributed by atoms with Crippen molar-refractivity contribution in [2.75, 3.05) is 0 Å². The largest absolute Gasteiger partial charge is 0.481 e. The Kier molecular flexibility index (Phi) is 12.8. The summed E-state index contributed by atoms with van der Waals surface area (Å²) in [5.74, 6) is 1.37. The molecule has 6 heteroatoms. The number of carbonyl (C=O) groups is 2. The van der Waals surface area contributed by atoms with Gasteiger partial charge >= 0.3 is 5.97 Å². The van der Waals surface area contributed by atoms with Gasteiger partial charge in [0.15, 0.2) is 0 Å². The van der Waals surface area contributed by atoms with Gasteiger partial charge in [-0.3, -0.25) is 9.59 Å². The molecule has 0 saturated heterocycles. The van der Waals surface area contributed by atoms with Crippen LogP contribution in [0.3, 0.4) is 0 Å². The van der Waals surface area contributed by atoms with Crippen molar-refractivity contribution >= 4 is 11.9 Å². The molecule has 0 aromatic rings. The number of carbonyl (C=O) groups excluding carboxylic acids is 1. The Labute approximate surface area is 245 Å². The first kappa shape index (κ1) is 33.4. The van der Waals surface area contributed by atoms with E-state index in [1.807, 2.05) is 0 Å². The van der Waals surface area contributed by atoms with Crippen LogP contribution in [0.25, 0.3) is 0 Å². The van der Waals surface area contributed by atoms with E-state index >= 15 is 0 Å². The second kappa shape index (κ2) is 15.4. The molecule has 0 heterocycles. The number of rotatable bonds is 15. The van der Waals surface area contributed by atoms with Gasteiger partial charge in [-0.2, -0.15) is 0 Å². The molecule has 3 unspecified atom stereocenters. The predicted molar refractivity (Wildman–Crippen MR) is 164 cm³/mol. The van der Waals surface area contributed by atoms with Crippen LogP contribution < -0.4 is 17.2 Å². The van der Waals surface area contributed by atoms with Gasteiger partial charge in [-0.15, -0.1) is 0 Å². The van der Waals surface area contributed by atoms with E-state index in [1.54, 1.807) is 0 Å². The number of carboxylic acid groups (broad SMARTS) is 1. The fourth-order valence-electron chi connectivity index (χ4n) is 9.67. The lowest BCUT2D eigenvalue weighted by Crippen LogP contribution is -2.60. The maximum Gasteiger partial charge on any atom is 0.307 e. The summed E-state index contributed by atoms with van der Waals surface area (Å²) in [6, 6.07) is 0.602. The van der Waals surface area contributed by atoms with Gasteiger partial charge in [0.2, 0.25) is 5.91 Å². The molecule has 0 bridgehead atoms. The Morgan fingerprint density at radius 1 is 0.775 bits per heavy atom. The van der Waals surface area contributed by atoms with E-state index in [1.165, 1.54) is 6.42 Å². The molecule has 0 aromatic heterocycles. The molecule has 6 nitrogen and oxygen atoms in total. The molecule has 232 valence electrons. The number of unbranched alkanes of at least 4 members (excludes halogenated alkanes) is 6. The van der Waals surface area contributed by atoms with Crippen LogP contribution in [0.2, 0.25) is 0 Å². The fourth-order valence-corrected chi connectivity index (χ4v) is 9.67. The number of hydrogen-bond donors (Lipinski definition) is 4. The molecule has 3 fully saturated rings. The third-order valence-corrected chi connectivity index (χ3v) is 12.1. The number of primary amides is 1. The molecule has 0 spiro atoms. The second-order valence-corrected chi connectivity index (χ2v) is 14.8. The summed E-state index contributed by atoms with van der Waals surface area (Å²) < 4.78 is 0. The minimum atomic E-state index is -0.568. The molecule has 3 rings (SSSR count). The monoisotopic (exact) mass is 561 g/mol. The third kappa shape index (κ3) is 8.02. The van der Waals surface area contributed by atoms with E-state index < -0.39 is 5.97 Å². The van der Waals surface area contributed by atoms with Crippen LogP contribution in [-0.2, 0) is 9.59 Å². The Bertz CT molecular complexity index is 763. The standard InChI is InChI=1S/C34H63N3O3/c1-24(2)25-21-22-33(3,30(32(39)40)11-9-7-5-4-6-8-10-12-31(37)38)34(23-25,26-13-17-28(35)18-14-26)27-15-19-29(36)20-16-27/h24-30H,4-23,35-36H2,1-3H3,(H2,37,38)(H,39,40). The normalized spacial score (nSPS) is 35.9. The van der Waals surface area contributed by atoms with Gasteiger partial charge < -0.3 is 22.3 Å². The number of nitrogens with two attached hydrogens (primary N) is 3. The summed E-state index contributed by atoms with van der Waals surface area (Å²) in [4.78, 5) is 24.1. The van der Waals surface area contributed by atoms with Crippen LogP contribution in [0.5, 0.6) is 0 Å². The quantitative estimate of drug-likeness (QED) is 0.157. The Morgan fingerprint density at radius 3 is 1.70 bits per heavy atom. The highest BCUT2D eigenvalue weighted by molar-refractivity contribution is 5.73. The van der Waals surface area contributed by atoms with Crippen molar-refractivity contribution in [2.24, 2.45) is 57.6 Å². The average molecular weight is 562 g/mol. The molecule has 3 saturated carbocycles. The first-order valence-electron chi connectivity index (χ1n) is 17.0. The van der Waals surface area contributed by atoms with Crippen LogP contribution in [0.4, 0.5) is 0 Å². The number of amides is 1. The van der Waals surface area contributed by atoms with E-state index in [9.17, 15) is 14.7 Å². The van der Waals surface area contributed by atoms with Gasteiger partial charge in [0.25, 0.3) is 0 Å².